The first-order chi connectivity index (χ1) is 10.2. The molecule has 5 heteroatoms. The number of likely N-dealkylation sites (tertiary alicyclic amines) is 1. The first kappa shape index (κ1) is 14.9. The molecule has 0 radical (unpaired) electrons. The number of benzene rings is 1. The van der Waals surface area contributed by atoms with Crippen molar-refractivity contribution in [1.29, 1.82) is 0 Å². The second-order valence-electron chi connectivity index (χ2n) is 7.19. The normalized spacial score (nSPS) is 23.6. The Morgan fingerprint density at radius 3 is 2.77 bits per heavy atom. The van der Waals surface area contributed by atoms with Crippen molar-refractivity contribution in [2.45, 2.75) is 45.1 Å². The Kier molecular flexibility index (Phi) is 3.20. The number of nitrogens with zero attached hydrogens (tertiary/aromatic N) is 1. The number of carbonyl (C=O) groups is 2. The second kappa shape index (κ2) is 4.73. The molecule has 0 saturated carbocycles. The van der Waals surface area contributed by atoms with E-state index >= 15 is 0 Å². The molecule has 1 aromatic carbocycles. The number of nitrogens with one attached hydrogen (secondary N) is 1. The van der Waals surface area contributed by atoms with Gasteiger partial charge in [0.15, 0.2) is 0 Å². The van der Waals surface area contributed by atoms with Gasteiger partial charge in [-0.1, -0.05) is 12.1 Å². The number of aryl methyl sites for hydroxylation is 1. The molecule has 5 nitrogen and oxygen atoms in total. The Hall–Kier alpha value is -2.04. The lowest BCUT2D eigenvalue weighted by atomic mass is 9.79. The van der Waals surface area contributed by atoms with Crippen LogP contribution in [0, 0.1) is 6.92 Å². The fourth-order valence-corrected chi connectivity index (χ4v) is 3.44. The Labute approximate surface area is 130 Å². The van der Waals surface area contributed by atoms with Crippen molar-refractivity contribution in [3.8, 4) is 0 Å². The van der Waals surface area contributed by atoms with Crippen LogP contribution in [0.3, 0.4) is 0 Å². The zero-order valence-corrected chi connectivity index (χ0v) is 13.5. The zero-order chi connectivity index (χ0) is 16.1. The van der Waals surface area contributed by atoms with Crippen molar-refractivity contribution in [3.05, 3.63) is 29.3 Å². The molecule has 1 aromatic rings. The summed E-state index contributed by atoms with van der Waals surface area (Å²) >= 11 is 0. The summed E-state index contributed by atoms with van der Waals surface area (Å²) in [5.41, 5.74) is 1.83. The summed E-state index contributed by atoms with van der Waals surface area (Å²) in [7, 11) is 0. The van der Waals surface area contributed by atoms with Gasteiger partial charge in [-0.3, -0.25) is 4.79 Å². The van der Waals surface area contributed by atoms with Crippen molar-refractivity contribution < 1.29 is 14.3 Å². The highest BCUT2D eigenvalue weighted by molar-refractivity contribution is 6.07. The Bertz CT molecular complexity index is 648. The number of ether oxygens (including phenoxy) is 1. The van der Waals surface area contributed by atoms with Crippen LogP contribution in [0.5, 0.6) is 0 Å². The van der Waals surface area contributed by atoms with Gasteiger partial charge in [-0.05, 0) is 51.3 Å². The van der Waals surface area contributed by atoms with Crippen molar-refractivity contribution >= 4 is 17.7 Å². The maximum atomic E-state index is 12.6. The van der Waals surface area contributed by atoms with Gasteiger partial charge >= 0.3 is 6.09 Å². The van der Waals surface area contributed by atoms with Crippen molar-refractivity contribution in [3.63, 3.8) is 0 Å². The third-order valence-electron chi connectivity index (χ3n) is 4.36. The molecule has 1 saturated heterocycles. The van der Waals surface area contributed by atoms with Crippen LogP contribution in [0.2, 0.25) is 0 Å². The van der Waals surface area contributed by atoms with Gasteiger partial charge < -0.3 is 15.0 Å². The van der Waals surface area contributed by atoms with E-state index in [1.54, 1.807) is 4.90 Å². The van der Waals surface area contributed by atoms with Gasteiger partial charge in [0.05, 0.1) is 5.41 Å². The van der Waals surface area contributed by atoms with Crippen LogP contribution in [0.1, 0.15) is 38.3 Å². The molecule has 118 valence electrons. The number of hydrogen-bond donors (Lipinski definition) is 1. The molecule has 2 amide bonds. The highest BCUT2D eigenvalue weighted by Gasteiger charge is 2.53. The first-order valence-electron chi connectivity index (χ1n) is 7.62. The molecule has 1 atom stereocenters. The van der Waals surface area contributed by atoms with Crippen molar-refractivity contribution in [2.24, 2.45) is 0 Å². The molecule has 0 bridgehead atoms. The van der Waals surface area contributed by atoms with Crippen LogP contribution in [0.15, 0.2) is 18.2 Å². The van der Waals surface area contributed by atoms with Crippen molar-refractivity contribution in [1.82, 2.24) is 4.90 Å². The van der Waals surface area contributed by atoms with E-state index in [1.807, 2.05) is 45.9 Å². The zero-order valence-electron chi connectivity index (χ0n) is 13.5. The summed E-state index contributed by atoms with van der Waals surface area (Å²) in [6.07, 6.45) is 0.287. The number of carbonyl (C=O) groups excluding carboxylic acids is 2. The second-order valence-corrected chi connectivity index (χ2v) is 7.19. The average Bonchev–Trinajstić information content (AvgIpc) is 2.93. The van der Waals surface area contributed by atoms with E-state index in [0.717, 1.165) is 16.8 Å². The maximum Gasteiger partial charge on any atom is 0.410 e. The molecule has 0 aromatic heterocycles. The standard InChI is InChI=1S/C17H22N2O3/c1-11-6-5-7-12-13(11)17(14(20)18-12)8-9-19(10-17)15(21)22-16(2,3)4/h5-7H,8-10H2,1-4H3,(H,18,20). The average molecular weight is 302 g/mol. The van der Waals surface area contributed by atoms with Gasteiger partial charge in [0, 0.05) is 18.8 Å². The molecule has 1 unspecified atom stereocenters. The molecule has 22 heavy (non-hydrogen) atoms. The summed E-state index contributed by atoms with van der Waals surface area (Å²) in [6.45, 7) is 8.47. The largest absolute Gasteiger partial charge is 0.444 e. The molecule has 1 spiro atoms. The van der Waals surface area contributed by atoms with Gasteiger partial charge in [-0.25, -0.2) is 4.79 Å². The molecular weight excluding hydrogens is 280 g/mol. The van der Waals surface area contributed by atoms with E-state index in [2.05, 4.69) is 5.32 Å². The summed E-state index contributed by atoms with van der Waals surface area (Å²) in [4.78, 5) is 26.5. The molecule has 2 heterocycles. The summed E-state index contributed by atoms with van der Waals surface area (Å²) in [6, 6.07) is 5.87. The van der Waals surface area contributed by atoms with Crippen LogP contribution in [0.25, 0.3) is 0 Å². The smallest absolute Gasteiger partial charge is 0.410 e. The summed E-state index contributed by atoms with van der Waals surface area (Å²) < 4.78 is 5.43. The van der Waals surface area contributed by atoms with Gasteiger partial charge in [0.2, 0.25) is 5.91 Å². The van der Waals surface area contributed by atoms with E-state index in [-0.39, 0.29) is 12.0 Å². The SMILES string of the molecule is Cc1cccc2c1C1(CCN(C(=O)OC(C)(C)C)C1)C(=O)N2. The lowest BCUT2D eigenvalue weighted by Gasteiger charge is -2.26. The summed E-state index contributed by atoms with van der Waals surface area (Å²) in [5, 5.41) is 2.96. The van der Waals surface area contributed by atoms with Gasteiger partial charge in [0.25, 0.3) is 0 Å². The van der Waals surface area contributed by atoms with E-state index < -0.39 is 11.0 Å². The van der Waals surface area contributed by atoms with Crippen LogP contribution in [0.4, 0.5) is 10.5 Å². The highest BCUT2D eigenvalue weighted by atomic mass is 16.6. The Morgan fingerprint density at radius 2 is 2.09 bits per heavy atom. The lowest BCUT2D eigenvalue weighted by Crippen LogP contribution is -2.41. The number of anilines is 1. The molecule has 0 aliphatic carbocycles. The predicted octanol–water partition coefficient (Wildman–Crippen LogP) is 2.83. The molecule has 2 aliphatic heterocycles. The molecule has 1 N–H and O–H groups in total. The van der Waals surface area contributed by atoms with Gasteiger partial charge in [-0.2, -0.15) is 0 Å². The summed E-state index contributed by atoms with van der Waals surface area (Å²) in [5.74, 6) is -0.0112. The third kappa shape index (κ3) is 2.25. The molecule has 1 fully saturated rings. The van der Waals surface area contributed by atoms with Crippen molar-refractivity contribution in [2.75, 3.05) is 18.4 Å². The first-order valence-corrected chi connectivity index (χ1v) is 7.62. The van der Waals surface area contributed by atoms with E-state index in [9.17, 15) is 9.59 Å². The minimum Gasteiger partial charge on any atom is -0.444 e. The molecular formula is C17H22N2O3. The number of hydrogen-bond acceptors (Lipinski definition) is 3. The van der Waals surface area contributed by atoms with Crippen LogP contribution in [-0.4, -0.2) is 35.6 Å². The number of amides is 2. The fraction of sp³-hybridized carbons (Fsp3) is 0.529. The fourth-order valence-electron chi connectivity index (χ4n) is 3.44. The Morgan fingerprint density at radius 1 is 1.36 bits per heavy atom. The quantitative estimate of drug-likeness (QED) is 0.801. The Balaban J connectivity index is 1.89. The minimum absolute atomic E-state index is 0.0112. The third-order valence-corrected chi connectivity index (χ3v) is 4.36. The van der Waals surface area contributed by atoms with Gasteiger partial charge in [-0.15, -0.1) is 0 Å². The van der Waals surface area contributed by atoms with E-state index in [0.29, 0.717) is 19.5 Å². The maximum absolute atomic E-state index is 12.6. The molecule has 3 rings (SSSR count). The highest BCUT2D eigenvalue weighted by Crippen LogP contribution is 2.45. The van der Waals surface area contributed by atoms with Crippen LogP contribution in [-0.2, 0) is 14.9 Å². The van der Waals surface area contributed by atoms with E-state index in [4.69, 9.17) is 4.74 Å². The van der Waals surface area contributed by atoms with Crippen LogP contribution >= 0.6 is 0 Å². The lowest BCUT2D eigenvalue weighted by molar-refractivity contribution is -0.120. The monoisotopic (exact) mass is 302 g/mol. The van der Waals surface area contributed by atoms with Gasteiger partial charge in [0.1, 0.15) is 5.60 Å². The predicted molar refractivity (Wildman–Crippen MR) is 83.9 cm³/mol. The number of fused-ring (bicyclic) bond motifs is 2. The number of rotatable bonds is 0. The van der Waals surface area contributed by atoms with Crippen LogP contribution < -0.4 is 5.32 Å². The van der Waals surface area contributed by atoms with E-state index in [1.165, 1.54) is 0 Å². The minimum atomic E-state index is -0.627. The molecule has 2 aliphatic rings. The topological polar surface area (TPSA) is 58.6 Å².